The van der Waals surface area contributed by atoms with E-state index >= 15 is 0 Å². The Balaban J connectivity index is 2.09. The molecule has 1 aromatic rings. The zero-order valence-electron chi connectivity index (χ0n) is 12.4. The van der Waals surface area contributed by atoms with Gasteiger partial charge in [0, 0.05) is 48.8 Å². The Morgan fingerprint density at radius 1 is 1.43 bits per heavy atom. The fraction of sp³-hybridized carbons (Fsp3) is 0.692. The minimum absolute atomic E-state index is 0.505. The number of nitrogens with zero attached hydrogens (tertiary/aromatic N) is 3. The van der Waals surface area contributed by atoms with Gasteiger partial charge in [-0.05, 0) is 13.0 Å². The van der Waals surface area contributed by atoms with E-state index in [1.54, 1.807) is 29.1 Å². The topological polar surface area (TPSA) is 75.2 Å². The summed E-state index contributed by atoms with van der Waals surface area (Å²) >= 11 is 1.66. The van der Waals surface area contributed by atoms with Gasteiger partial charge < -0.3 is 10.2 Å². The standard InChI is InChI=1S/C13H22N4O2S2/c1-3-4-14-7-11-8-15-13(16-9-11)17-5-6-20-10-12(17)21(2,18)19/h8-9,12,14H,3-7,10H2,1-2H3. The quantitative estimate of drug-likeness (QED) is 0.777. The maximum absolute atomic E-state index is 11.9. The van der Waals surface area contributed by atoms with Gasteiger partial charge in [0.1, 0.15) is 5.37 Å². The van der Waals surface area contributed by atoms with E-state index in [2.05, 4.69) is 22.2 Å². The third-order valence-corrected chi connectivity index (χ3v) is 5.93. The highest BCUT2D eigenvalue weighted by Crippen LogP contribution is 2.23. The third-order valence-electron chi connectivity index (χ3n) is 3.28. The average Bonchev–Trinajstić information content (AvgIpc) is 2.47. The van der Waals surface area contributed by atoms with E-state index in [4.69, 9.17) is 0 Å². The first-order valence-electron chi connectivity index (χ1n) is 7.07. The molecule has 1 saturated heterocycles. The van der Waals surface area contributed by atoms with Crippen LogP contribution in [0.3, 0.4) is 0 Å². The van der Waals surface area contributed by atoms with Crippen LogP contribution in [0.1, 0.15) is 18.9 Å². The lowest BCUT2D eigenvalue weighted by Crippen LogP contribution is -2.47. The van der Waals surface area contributed by atoms with Gasteiger partial charge in [-0.25, -0.2) is 18.4 Å². The zero-order chi connectivity index (χ0) is 15.3. The molecule has 1 aromatic heterocycles. The van der Waals surface area contributed by atoms with Crippen molar-refractivity contribution in [3.05, 3.63) is 18.0 Å². The Hall–Kier alpha value is -0.860. The van der Waals surface area contributed by atoms with Gasteiger partial charge in [-0.15, -0.1) is 0 Å². The molecule has 1 N–H and O–H groups in total. The van der Waals surface area contributed by atoms with Crippen molar-refractivity contribution in [1.82, 2.24) is 15.3 Å². The van der Waals surface area contributed by atoms with Gasteiger partial charge >= 0.3 is 0 Å². The molecule has 1 aliphatic heterocycles. The predicted octanol–water partition coefficient (Wildman–Crippen LogP) is 0.900. The highest BCUT2D eigenvalue weighted by Gasteiger charge is 2.32. The second kappa shape index (κ2) is 7.42. The summed E-state index contributed by atoms with van der Waals surface area (Å²) in [4.78, 5) is 10.5. The van der Waals surface area contributed by atoms with Gasteiger partial charge in [0.25, 0.3) is 0 Å². The van der Waals surface area contributed by atoms with Crippen LogP contribution in [0.5, 0.6) is 0 Å². The molecular formula is C13H22N4O2S2. The van der Waals surface area contributed by atoms with Crippen molar-refractivity contribution in [2.24, 2.45) is 0 Å². The maximum atomic E-state index is 11.9. The summed E-state index contributed by atoms with van der Waals surface area (Å²) in [5.74, 6) is 1.97. The van der Waals surface area contributed by atoms with Gasteiger partial charge in [0.2, 0.25) is 5.95 Å². The van der Waals surface area contributed by atoms with Crippen molar-refractivity contribution in [2.75, 3.05) is 35.8 Å². The Morgan fingerprint density at radius 3 is 2.76 bits per heavy atom. The molecule has 1 aliphatic rings. The summed E-state index contributed by atoms with van der Waals surface area (Å²) in [7, 11) is -3.14. The molecule has 6 nitrogen and oxygen atoms in total. The van der Waals surface area contributed by atoms with E-state index in [9.17, 15) is 8.42 Å². The lowest BCUT2D eigenvalue weighted by Gasteiger charge is -2.33. The monoisotopic (exact) mass is 330 g/mol. The van der Waals surface area contributed by atoms with Gasteiger partial charge in [0.05, 0.1) is 0 Å². The number of rotatable bonds is 6. The first-order chi connectivity index (χ1) is 10.0. The van der Waals surface area contributed by atoms with Crippen LogP contribution in [-0.4, -0.2) is 54.6 Å². The summed E-state index contributed by atoms with van der Waals surface area (Å²) in [5, 5.41) is 2.76. The van der Waals surface area contributed by atoms with E-state index in [-0.39, 0.29) is 0 Å². The van der Waals surface area contributed by atoms with Crippen LogP contribution < -0.4 is 10.2 Å². The van der Waals surface area contributed by atoms with Crippen molar-refractivity contribution < 1.29 is 8.42 Å². The number of aromatic nitrogens is 2. The summed E-state index contributed by atoms with van der Waals surface area (Å²) in [6, 6.07) is 0. The van der Waals surface area contributed by atoms with Gasteiger partial charge in [0.15, 0.2) is 9.84 Å². The minimum atomic E-state index is -3.14. The van der Waals surface area contributed by atoms with Crippen LogP contribution in [0, 0.1) is 0 Å². The van der Waals surface area contributed by atoms with Crippen molar-refractivity contribution in [1.29, 1.82) is 0 Å². The second-order valence-corrected chi connectivity index (χ2v) is 8.47. The molecule has 118 valence electrons. The number of hydrogen-bond donors (Lipinski definition) is 1. The van der Waals surface area contributed by atoms with Crippen molar-refractivity contribution in [2.45, 2.75) is 25.3 Å². The van der Waals surface area contributed by atoms with Crippen LogP contribution in [0.25, 0.3) is 0 Å². The Morgan fingerprint density at radius 2 is 2.14 bits per heavy atom. The predicted molar refractivity (Wildman–Crippen MR) is 87.3 cm³/mol. The van der Waals surface area contributed by atoms with Crippen LogP contribution in [0.15, 0.2) is 12.4 Å². The largest absolute Gasteiger partial charge is 0.322 e. The van der Waals surface area contributed by atoms with E-state index in [0.29, 0.717) is 18.2 Å². The zero-order valence-corrected chi connectivity index (χ0v) is 14.1. The molecule has 0 saturated carbocycles. The second-order valence-electron chi connectivity index (χ2n) is 5.12. The van der Waals surface area contributed by atoms with Crippen LogP contribution in [-0.2, 0) is 16.4 Å². The van der Waals surface area contributed by atoms with Crippen LogP contribution >= 0.6 is 11.8 Å². The molecule has 1 fully saturated rings. The smallest absolute Gasteiger partial charge is 0.226 e. The molecule has 21 heavy (non-hydrogen) atoms. The van der Waals surface area contributed by atoms with Crippen LogP contribution in [0.4, 0.5) is 5.95 Å². The number of nitrogens with one attached hydrogen (secondary N) is 1. The maximum Gasteiger partial charge on any atom is 0.226 e. The summed E-state index contributed by atoms with van der Waals surface area (Å²) < 4.78 is 23.8. The molecule has 0 radical (unpaired) electrons. The first kappa shape index (κ1) is 16.5. The summed E-state index contributed by atoms with van der Waals surface area (Å²) in [6.07, 6.45) is 5.90. The number of sulfone groups is 1. The molecule has 0 bridgehead atoms. The Labute approximate surface area is 130 Å². The minimum Gasteiger partial charge on any atom is -0.322 e. The highest BCUT2D eigenvalue weighted by molar-refractivity contribution is 8.01. The Kier molecular flexibility index (Phi) is 5.83. The van der Waals surface area contributed by atoms with Crippen molar-refractivity contribution in [3.8, 4) is 0 Å². The van der Waals surface area contributed by atoms with E-state index in [1.165, 1.54) is 6.26 Å². The van der Waals surface area contributed by atoms with E-state index < -0.39 is 15.2 Å². The fourth-order valence-corrected chi connectivity index (χ4v) is 4.98. The van der Waals surface area contributed by atoms with Crippen molar-refractivity contribution >= 4 is 27.5 Å². The normalized spacial score (nSPS) is 19.7. The van der Waals surface area contributed by atoms with Gasteiger partial charge in [-0.1, -0.05) is 6.92 Å². The molecule has 0 aromatic carbocycles. The molecular weight excluding hydrogens is 308 g/mol. The SMILES string of the molecule is CCCNCc1cnc(N2CCSCC2S(C)(=O)=O)nc1. The molecule has 0 aliphatic carbocycles. The molecule has 8 heteroatoms. The molecule has 2 rings (SSSR count). The van der Waals surface area contributed by atoms with Crippen molar-refractivity contribution in [3.63, 3.8) is 0 Å². The number of anilines is 1. The number of hydrogen-bond acceptors (Lipinski definition) is 7. The molecule has 1 atom stereocenters. The highest BCUT2D eigenvalue weighted by atomic mass is 32.2. The Bertz CT molecular complexity index is 548. The van der Waals surface area contributed by atoms with E-state index in [1.807, 2.05) is 0 Å². The molecule has 2 heterocycles. The number of thioether (sulfide) groups is 1. The third kappa shape index (κ3) is 4.55. The molecule has 0 amide bonds. The average molecular weight is 330 g/mol. The summed E-state index contributed by atoms with van der Waals surface area (Å²) in [5.41, 5.74) is 1.01. The molecule has 1 unspecified atom stereocenters. The summed E-state index contributed by atoms with van der Waals surface area (Å²) in [6.45, 7) is 4.48. The lowest BCUT2D eigenvalue weighted by atomic mass is 10.3. The van der Waals surface area contributed by atoms with Crippen LogP contribution in [0.2, 0.25) is 0 Å². The molecule has 0 spiro atoms. The van der Waals surface area contributed by atoms with Gasteiger partial charge in [-0.2, -0.15) is 11.8 Å². The fourth-order valence-electron chi connectivity index (χ4n) is 2.16. The lowest BCUT2D eigenvalue weighted by molar-refractivity contribution is 0.582. The van der Waals surface area contributed by atoms with E-state index in [0.717, 1.165) is 30.8 Å². The first-order valence-corrected chi connectivity index (χ1v) is 10.2. The van der Waals surface area contributed by atoms with Gasteiger partial charge in [-0.3, -0.25) is 0 Å².